The zero-order valence-corrected chi connectivity index (χ0v) is 20.2. The van der Waals surface area contributed by atoms with Crippen molar-refractivity contribution < 1.29 is 9.53 Å². The minimum Gasteiger partial charge on any atom is -0.497 e. The van der Waals surface area contributed by atoms with E-state index in [9.17, 15) is 4.79 Å². The van der Waals surface area contributed by atoms with Gasteiger partial charge in [-0.05, 0) is 48.5 Å². The van der Waals surface area contributed by atoms with Gasteiger partial charge in [0.15, 0.2) is 5.69 Å². The van der Waals surface area contributed by atoms with Crippen molar-refractivity contribution in [1.82, 2.24) is 30.0 Å². The van der Waals surface area contributed by atoms with Gasteiger partial charge in [-0.15, -0.1) is 0 Å². The Hall–Kier alpha value is -4.24. The van der Waals surface area contributed by atoms with Crippen LogP contribution in [-0.4, -0.2) is 76.9 Å². The fourth-order valence-corrected chi connectivity index (χ4v) is 4.27. The Labute approximate surface area is 210 Å². The number of nitrogens with zero attached hydrogens (tertiary/aromatic N) is 6. The van der Waals surface area contributed by atoms with Crippen LogP contribution >= 0.6 is 0 Å². The predicted molar refractivity (Wildman–Crippen MR) is 139 cm³/mol. The Morgan fingerprint density at radius 1 is 0.944 bits per heavy atom. The van der Waals surface area contributed by atoms with Crippen LogP contribution in [0.2, 0.25) is 0 Å². The maximum atomic E-state index is 13.0. The number of piperazine rings is 1. The second-order valence-electron chi connectivity index (χ2n) is 8.52. The van der Waals surface area contributed by atoms with Crippen LogP contribution in [0.15, 0.2) is 79.1 Å². The van der Waals surface area contributed by atoms with Gasteiger partial charge in [0, 0.05) is 57.2 Å². The molecule has 0 aliphatic carbocycles. The minimum absolute atomic E-state index is 0.184. The zero-order chi connectivity index (χ0) is 24.7. The summed E-state index contributed by atoms with van der Waals surface area (Å²) in [6.45, 7) is 4.86. The van der Waals surface area contributed by atoms with E-state index in [0.29, 0.717) is 12.2 Å². The first-order valence-electron chi connectivity index (χ1n) is 12.0. The summed E-state index contributed by atoms with van der Waals surface area (Å²) in [5, 5.41) is 7.68. The highest BCUT2D eigenvalue weighted by Gasteiger charge is 2.20. The molecule has 0 bridgehead atoms. The maximum absolute atomic E-state index is 13.0. The summed E-state index contributed by atoms with van der Waals surface area (Å²) in [6, 6.07) is 21.2. The van der Waals surface area contributed by atoms with Crippen molar-refractivity contribution in [2.24, 2.45) is 0 Å². The van der Waals surface area contributed by atoms with E-state index in [2.05, 4.69) is 30.2 Å². The van der Waals surface area contributed by atoms with Crippen LogP contribution in [0.1, 0.15) is 10.5 Å². The Morgan fingerprint density at radius 2 is 1.67 bits per heavy atom. The Bertz CT molecular complexity index is 1270. The van der Waals surface area contributed by atoms with E-state index in [1.165, 1.54) is 0 Å². The van der Waals surface area contributed by atoms with Gasteiger partial charge in [-0.1, -0.05) is 18.2 Å². The number of hydrogen-bond donors (Lipinski definition) is 1. The van der Waals surface area contributed by atoms with Gasteiger partial charge in [-0.25, -0.2) is 14.6 Å². The third-order valence-corrected chi connectivity index (χ3v) is 6.25. The smallest absolute Gasteiger partial charge is 0.271 e. The number of methoxy groups -OCH3 is 1. The largest absolute Gasteiger partial charge is 0.497 e. The average Bonchev–Trinajstić information content (AvgIpc) is 3.40. The number of rotatable bonds is 8. The third kappa shape index (κ3) is 5.36. The van der Waals surface area contributed by atoms with E-state index in [1.807, 2.05) is 71.4 Å². The van der Waals surface area contributed by atoms with Gasteiger partial charge in [-0.2, -0.15) is 5.10 Å². The molecule has 0 radical (unpaired) electrons. The maximum Gasteiger partial charge on any atom is 0.271 e. The standard InChI is InChI=1S/C27H29N7O2/c1-36-23-10-8-21(9-11-23)25-20-24(31-34(25)22-6-3-2-4-7-22)26(35)28-14-15-32-16-18-33(19-17-32)27-29-12-5-13-30-27/h2-13,20H,14-19H2,1H3,(H,28,35). The molecular weight excluding hydrogens is 454 g/mol. The molecular formula is C27H29N7O2. The number of ether oxygens (including phenoxy) is 1. The number of para-hydroxylation sites is 1. The number of carbonyl (C=O) groups excluding carboxylic acids is 1. The van der Waals surface area contributed by atoms with Crippen molar-refractivity contribution in [2.45, 2.75) is 0 Å². The highest BCUT2D eigenvalue weighted by atomic mass is 16.5. The lowest BCUT2D eigenvalue weighted by Crippen LogP contribution is -2.49. The number of hydrogen-bond acceptors (Lipinski definition) is 7. The summed E-state index contributed by atoms with van der Waals surface area (Å²) in [5.74, 6) is 1.36. The number of benzene rings is 2. The number of carbonyl (C=O) groups is 1. The van der Waals surface area contributed by atoms with Gasteiger partial charge in [0.2, 0.25) is 5.95 Å². The van der Waals surface area contributed by atoms with Crippen LogP contribution in [0, 0.1) is 0 Å². The van der Waals surface area contributed by atoms with Crippen molar-refractivity contribution in [3.05, 3.63) is 84.8 Å². The summed E-state index contributed by atoms with van der Waals surface area (Å²) in [7, 11) is 1.64. The predicted octanol–water partition coefficient (Wildman–Crippen LogP) is 2.89. The minimum atomic E-state index is -0.184. The van der Waals surface area contributed by atoms with E-state index < -0.39 is 0 Å². The molecule has 2 aromatic heterocycles. The van der Waals surface area contributed by atoms with Crippen LogP contribution in [0.3, 0.4) is 0 Å². The van der Waals surface area contributed by atoms with Crippen molar-refractivity contribution >= 4 is 11.9 Å². The van der Waals surface area contributed by atoms with Gasteiger partial charge in [0.25, 0.3) is 5.91 Å². The van der Waals surface area contributed by atoms with Crippen LogP contribution < -0.4 is 15.0 Å². The van der Waals surface area contributed by atoms with E-state index in [4.69, 9.17) is 4.74 Å². The average molecular weight is 484 g/mol. The van der Waals surface area contributed by atoms with E-state index in [0.717, 1.165) is 61.4 Å². The van der Waals surface area contributed by atoms with Crippen molar-refractivity contribution in [3.63, 3.8) is 0 Å². The Morgan fingerprint density at radius 3 is 2.36 bits per heavy atom. The van der Waals surface area contributed by atoms with Crippen molar-refractivity contribution in [1.29, 1.82) is 0 Å². The van der Waals surface area contributed by atoms with Gasteiger partial charge < -0.3 is 15.0 Å². The Balaban J connectivity index is 1.22. The molecule has 36 heavy (non-hydrogen) atoms. The zero-order valence-electron chi connectivity index (χ0n) is 20.2. The second-order valence-corrected chi connectivity index (χ2v) is 8.52. The van der Waals surface area contributed by atoms with E-state index in [1.54, 1.807) is 19.5 Å². The molecule has 1 fully saturated rings. The number of amides is 1. The molecule has 0 atom stereocenters. The molecule has 0 saturated carbocycles. The topological polar surface area (TPSA) is 88.4 Å². The SMILES string of the molecule is COc1ccc(-c2cc(C(=O)NCCN3CCN(c4ncccn4)CC3)nn2-c2ccccc2)cc1. The van der Waals surface area contributed by atoms with Gasteiger partial charge in [0.1, 0.15) is 5.75 Å². The highest BCUT2D eigenvalue weighted by molar-refractivity contribution is 5.93. The van der Waals surface area contributed by atoms with Crippen LogP contribution in [0.4, 0.5) is 5.95 Å². The molecule has 4 aromatic rings. The molecule has 0 spiro atoms. The van der Waals surface area contributed by atoms with Crippen molar-refractivity contribution in [2.75, 3.05) is 51.3 Å². The molecule has 184 valence electrons. The lowest BCUT2D eigenvalue weighted by Gasteiger charge is -2.34. The van der Waals surface area contributed by atoms with Gasteiger partial charge in [0.05, 0.1) is 18.5 Å². The molecule has 5 rings (SSSR count). The molecule has 1 aliphatic rings. The second kappa shape index (κ2) is 11.0. The fourth-order valence-electron chi connectivity index (χ4n) is 4.27. The van der Waals surface area contributed by atoms with Crippen LogP contribution in [-0.2, 0) is 0 Å². The quantitative estimate of drug-likeness (QED) is 0.412. The summed E-state index contributed by atoms with van der Waals surface area (Å²) in [5.41, 5.74) is 3.07. The molecule has 1 N–H and O–H groups in total. The summed E-state index contributed by atoms with van der Waals surface area (Å²) in [6.07, 6.45) is 3.53. The van der Waals surface area contributed by atoms with Crippen molar-refractivity contribution in [3.8, 4) is 22.7 Å². The lowest BCUT2D eigenvalue weighted by atomic mass is 10.1. The van der Waals surface area contributed by atoms with Crippen LogP contribution in [0.5, 0.6) is 5.75 Å². The molecule has 2 aromatic carbocycles. The van der Waals surface area contributed by atoms with E-state index in [-0.39, 0.29) is 5.91 Å². The lowest BCUT2D eigenvalue weighted by molar-refractivity contribution is 0.0942. The fraction of sp³-hybridized carbons (Fsp3) is 0.259. The summed E-state index contributed by atoms with van der Waals surface area (Å²) in [4.78, 5) is 26.2. The first kappa shape index (κ1) is 23.5. The number of nitrogens with one attached hydrogen (secondary N) is 1. The molecule has 1 saturated heterocycles. The molecule has 9 nitrogen and oxygen atoms in total. The molecule has 1 aliphatic heterocycles. The first-order chi connectivity index (χ1) is 17.7. The van der Waals surface area contributed by atoms with Crippen LogP contribution in [0.25, 0.3) is 16.9 Å². The number of aromatic nitrogens is 4. The Kier molecular flexibility index (Phi) is 7.18. The summed E-state index contributed by atoms with van der Waals surface area (Å²) < 4.78 is 7.09. The third-order valence-electron chi connectivity index (χ3n) is 6.25. The van der Waals surface area contributed by atoms with Gasteiger partial charge in [-0.3, -0.25) is 9.69 Å². The number of anilines is 1. The first-order valence-corrected chi connectivity index (χ1v) is 12.0. The summed E-state index contributed by atoms with van der Waals surface area (Å²) >= 11 is 0. The van der Waals surface area contributed by atoms with E-state index >= 15 is 0 Å². The normalized spacial score (nSPS) is 14.0. The van der Waals surface area contributed by atoms with Gasteiger partial charge >= 0.3 is 0 Å². The molecule has 0 unspecified atom stereocenters. The highest BCUT2D eigenvalue weighted by Crippen LogP contribution is 2.26. The molecule has 3 heterocycles. The molecule has 9 heteroatoms. The molecule has 1 amide bonds. The monoisotopic (exact) mass is 483 g/mol.